The van der Waals surface area contributed by atoms with Gasteiger partial charge in [0, 0.05) is 48.3 Å². The fourth-order valence-corrected chi connectivity index (χ4v) is 3.76. The minimum Gasteiger partial charge on any atom is -0.476 e. The second-order valence-corrected chi connectivity index (χ2v) is 8.84. The largest absolute Gasteiger partial charge is 0.476 e. The summed E-state index contributed by atoms with van der Waals surface area (Å²) in [6, 6.07) is 12.4. The summed E-state index contributed by atoms with van der Waals surface area (Å²) < 4.78 is 7.78. The molecule has 1 aliphatic rings. The number of anilines is 1. The lowest BCUT2D eigenvalue weighted by atomic mass is 10.1. The molecule has 0 spiro atoms. The van der Waals surface area contributed by atoms with Crippen LogP contribution >= 0.6 is 15.9 Å². The highest BCUT2D eigenvalue weighted by Crippen LogP contribution is 2.19. The van der Waals surface area contributed by atoms with Gasteiger partial charge in [0.2, 0.25) is 11.8 Å². The Labute approximate surface area is 205 Å². The molecule has 34 heavy (non-hydrogen) atoms. The van der Waals surface area contributed by atoms with E-state index in [4.69, 9.17) is 4.74 Å². The lowest BCUT2D eigenvalue weighted by molar-refractivity contribution is -0.122. The minimum absolute atomic E-state index is 0.176. The van der Waals surface area contributed by atoms with Crippen LogP contribution in [0.25, 0.3) is 11.3 Å². The topological polar surface area (TPSA) is 105 Å². The van der Waals surface area contributed by atoms with Crippen molar-refractivity contribution >= 4 is 27.7 Å². The SMILES string of the molecule is CN1CCN(c2cc(OCCNC(=O)Cn3nc(-c4ccc(Br)cc4)ccc3=O)ncn2)CC1. The van der Waals surface area contributed by atoms with E-state index in [1.807, 2.05) is 30.3 Å². The summed E-state index contributed by atoms with van der Waals surface area (Å²) in [6.07, 6.45) is 1.48. The van der Waals surface area contributed by atoms with Crippen LogP contribution in [0.2, 0.25) is 0 Å². The second-order valence-electron chi connectivity index (χ2n) is 7.92. The van der Waals surface area contributed by atoms with E-state index in [2.05, 4.69) is 53.2 Å². The van der Waals surface area contributed by atoms with Gasteiger partial charge in [0.15, 0.2) is 0 Å². The first-order valence-electron chi connectivity index (χ1n) is 11.0. The van der Waals surface area contributed by atoms with Crippen molar-refractivity contribution in [1.82, 2.24) is 30.0 Å². The number of aromatic nitrogens is 4. The molecule has 0 atom stereocenters. The molecule has 1 aromatic carbocycles. The summed E-state index contributed by atoms with van der Waals surface area (Å²) in [5.74, 6) is 0.962. The summed E-state index contributed by atoms with van der Waals surface area (Å²) >= 11 is 3.40. The van der Waals surface area contributed by atoms with Crippen molar-refractivity contribution in [3.63, 3.8) is 0 Å². The van der Waals surface area contributed by atoms with E-state index >= 15 is 0 Å². The van der Waals surface area contributed by atoms with Gasteiger partial charge >= 0.3 is 0 Å². The quantitative estimate of drug-likeness (QED) is 0.438. The first kappa shape index (κ1) is 23.8. The Kier molecular flexibility index (Phi) is 7.86. The van der Waals surface area contributed by atoms with Gasteiger partial charge in [-0.3, -0.25) is 9.59 Å². The van der Waals surface area contributed by atoms with Crippen LogP contribution in [-0.4, -0.2) is 76.9 Å². The van der Waals surface area contributed by atoms with Crippen molar-refractivity contribution in [3.05, 3.63) is 63.6 Å². The molecule has 3 heterocycles. The number of rotatable bonds is 8. The molecule has 178 valence electrons. The number of piperazine rings is 1. The summed E-state index contributed by atoms with van der Waals surface area (Å²) in [5.41, 5.74) is 1.12. The highest BCUT2D eigenvalue weighted by Gasteiger charge is 2.16. The molecular formula is C23H26BrN7O3. The van der Waals surface area contributed by atoms with Crippen LogP contribution in [0.4, 0.5) is 5.82 Å². The molecule has 1 N–H and O–H groups in total. The van der Waals surface area contributed by atoms with Gasteiger partial charge in [-0.2, -0.15) is 5.10 Å². The number of ether oxygens (including phenoxy) is 1. The van der Waals surface area contributed by atoms with Gasteiger partial charge in [-0.05, 0) is 25.2 Å². The Morgan fingerprint density at radius 3 is 2.62 bits per heavy atom. The second kappa shape index (κ2) is 11.2. The van der Waals surface area contributed by atoms with Crippen molar-refractivity contribution in [2.45, 2.75) is 6.54 Å². The van der Waals surface area contributed by atoms with E-state index in [0.717, 1.165) is 46.7 Å². The van der Waals surface area contributed by atoms with Gasteiger partial charge in [0.1, 0.15) is 25.3 Å². The average Bonchev–Trinajstić information content (AvgIpc) is 2.84. The lowest BCUT2D eigenvalue weighted by Gasteiger charge is -2.33. The molecule has 3 aromatic rings. The average molecular weight is 528 g/mol. The Morgan fingerprint density at radius 2 is 1.85 bits per heavy atom. The van der Waals surface area contributed by atoms with Crippen molar-refractivity contribution in [2.24, 2.45) is 0 Å². The molecule has 0 unspecified atom stereocenters. The molecule has 0 saturated carbocycles. The predicted octanol–water partition coefficient (Wildman–Crippen LogP) is 1.41. The number of hydrogen-bond acceptors (Lipinski definition) is 8. The Balaban J connectivity index is 1.26. The van der Waals surface area contributed by atoms with Crippen LogP contribution in [0.5, 0.6) is 5.88 Å². The molecule has 1 saturated heterocycles. The van der Waals surface area contributed by atoms with Crippen LogP contribution in [-0.2, 0) is 11.3 Å². The first-order chi connectivity index (χ1) is 16.5. The Bertz CT molecular complexity index is 1180. The smallest absolute Gasteiger partial charge is 0.267 e. The fourth-order valence-electron chi connectivity index (χ4n) is 3.49. The lowest BCUT2D eigenvalue weighted by Crippen LogP contribution is -2.44. The standard InChI is InChI=1S/C23H26BrN7O3/c1-29-9-11-30(12-10-29)20-14-22(27-16-26-20)34-13-8-25-21(32)15-31-23(33)7-6-19(28-31)17-2-4-18(24)5-3-17/h2-7,14,16H,8-13,15H2,1H3,(H,25,32). The highest BCUT2D eigenvalue weighted by molar-refractivity contribution is 9.10. The maximum absolute atomic E-state index is 12.3. The molecule has 1 aliphatic heterocycles. The third-order valence-electron chi connectivity index (χ3n) is 5.43. The summed E-state index contributed by atoms with van der Waals surface area (Å²) in [5, 5.41) is 7.07. The van der Waals surface area contributed by atoms with Crippen molar-refractivity contribution in [2.75, 3.05) is 51.3 Å². The van der Waals surface area contributed by atoms with Crippen molar-refractivity contribution < 1.29 is 9.53 Å². The van der Waals surface area contributed by atoms with Crippen LogP contribution < -0.4 is 20.5 Å². The molecule has 2 aromatic heterocycles. The number of nitrogens with zero attached hydrogens (tertiary/aromatic N) is 6. The number of halogens is 1. The van der Waals surface area contributed by atoms with Crippen molar-refractivity contribution in [3.8, 4) is 17.1 Å². The number of hydrogen-bond donors (Lipinski definition) is 1. The fraction of sp³-hybridized carbons (Fsp3) is 0.348. The number of amides is 1. The van der Waals surface area contributed by atoms with Crippen LogP contribution in [0.15, 0.2) is 58.1 Å². The number of nitrogens with one attached hydrogen (secondary N) is 1. The van der Waals surface area contributed by atoms with Gasteiger partial charge in [0.25, 0.3) is 5.56 Å². The molecule has 0 bridgehead atoms. The number of carbonyl (C=O) groups is 1. The Morgan fingerprint density at radius 1 is 1.09 bits per heavy atom. The van der Waals surface area contributed by atoms with Crippen LogP contribution in [0, 0.1) is 0 Å². The third-order valence-corrected chi connectivity index (χ3v) is 5.96. The third kappa shape index (κ3) is 6.39. The maximum Gasteiger partial charge on any atom is 0.267 e. The molecule has 1 amide bonds. The minimum atomic E-state index is -0.343. The number of benzene rings is 1. The summed E-state index contributed by atoms with van der Waals surface area (Å²) in [6.45, 7) is 4.11. The molecule has 11 heteroatoms. The summed E-state index contributed by atoms with van der Waals surface area (Å²) in [7, 11) is 2.10. The van der Waals surface area contributed by atoms with Gasteiger partial charge in [0.05, 0.1) is 12.2 Å². The maximum atomic E-state index is 12.3. The number of carbonyl (C=O) groups excluding carboxylic acids is 1. The van der Waals surface area contributed by atoms with Crippen molar-refractivity contribution in [1.29, 1.82) is 0 Å². The van der Waals surface area contributed by atoms with Gasteiger partial charge in [-0.15, -0.1) is 0 Å². The van der Waals surface area contributed by atoms with Gasteiger partial charge in [-0.1, -0.05) is 28.1 Å². The molecule has 0 radical (unpaired) electrons. The van der Waals surface area contributed by atoms with E-state index in [9.17, 15) is 9.59 Å². The molecule has 0 aliphatic carbocycles. The van der Waals surface area contributed by atoms with E-state index < -0.39 is 0 Å². The molecule has 1 fully saturated rings. The zero-order valence-electron chi connectivity index (χ0n) is 18.9. The Hall–Kier alpha value is -3.31. The van der Waals surface area contributed by atoms with E-state index in [1.54, 1.807) is 6.07 Å². The van der Waals surface area contributed by atoms with Gasteiger partial charge < -0.3 is 19.9 Å². The van der Waals surface area contributed by atoms with E-state index in [-0.39, 0.29) is 31.2 Å². The normalized spacial score (nSPS) is 14.1. The van der Waals surface area contributed by atoms with E-state index in [1.165, 1.54) is 12.4 Å². The highest BCUT2D eigenvalue weighted by atomic mass is 79.9. The molecule has 4 rings (SSSR count). The van der Waals surface area contributed by atoms with Crippen LogP contribution in [0.3, 0.4) is 0 Å². The van der Waals surface area contributed by atoms with Crippen LogP contribution in [0.1, 0.15) is 0 Å². The zero-order valence-corrected chi connectivity index (χ0v) is 20.4. The predicted molar refractivity (Wildman–Crippen MR) is 132 cm³/mol. The zero-order chi connectivity index (χ0) is 23.9. The molecular weight excluding hydrogens is 502 g/mol. The molecule has 10 nitrogen and oxygen atoms in total. The first-order valence-corrected chi connectivity index (χ1v) is 11.8. The number of likely N-dealkylation sites (N-methyl/N-ethyl adjacent to an activating group) is 1. The van der Waals surface area contributed by atoms with E-state index in [0.29, 0.717) is 11.6 Å². The van der Waals surface area contributed by atoms with Gasteiger partial charge in [-0.25, -0.2) is 14.6 Å². The monoisotopic (exact) mass is 527 g/mol. The summed E-state index contributed by atoms with van der Waals surface area (Å²) in [4.78, 5) is 37.5.